The summed E-state index contributed by atoms with van der Waals surface area (Å²) in [5, 5.41) is 13.3. The molecule has 0 saturated heterocycles. The van der Waals surface area contributed by atoms with Crippen molar-refractivity contribution in [3.8, 4) is 17.1 Å². The SMILES string of the molecule is COC(=O)c1ccc(/C=N/NC(=O)CSc2nnc(-c3ccc(C)cc3)n2-c2ccccc2)cc1. The first-order chi connectivity index (χ1) is 17.0. The minimum Gasteiger partial charge on any atom is -0.465 e. The number of nitrogens with zero attached hydrogens (tertiary/aromatic N) is 4. The number of carbonyl (C=O) groups excluding carboxylic acids is 2. The van der Waals surface area contributed by atoms with Crippen molar-refractivity contribution in [1.82, 2.24) is 20.2 Å². The number of aryl methyl sites for hydroxylation is 1. The molecular formula is C26H23N5O3S. The highest BCUT2D eigenvalue weighted by Crippen LogP contribution is 2.28. The highest BCUT2D eigenvalue weighted by Gasteiger charge is 2.17. The molecule has 1 heterocycles. The van der Waals surface area contributed by atoms with Gasteiger partial charge in [0.25, 0.3) is 5.91 Å². The molecule has 0 aliphatic carbocycles. The van der Waals surface area contributed by atoms with E-state index in [0.29, 0.717) is 16.5 Å². The maximum atomic E-state index is 12.4. The second-order valence-corrected chi connectivity index (χ2v) is 8.48. The third-order valence-electron chi connectivity index (χ3n) is 5.02. The molecule has 0 unspecified atom stereocenters. The highest BCUT2D eigenvalue weighted by molar-refractivity contribution is 7.99. The highest BCUT2D eigenvalue weighted by atomic mass is 32.2. The van der Waals surface area contributed by atoms with E-state index in [1.807, 2.05) is 66.1 Å². The number of thioether (sulfide) groups is 1. The van der Waals surface area contributed by atoms with Crippen LogP contribution in [0, 0.1) is 6.92 Å². The lowest BCUT2D eigenvalue weighted by Crippen LogP contribution is -2.20. The third-order valence-corrected chi connectivity index (χ3v) is 5.95. The topological polar surface area (TPSA) is 98.5 Å². The number of carbonyl (C=O) groups is 2. The van der Waals surface area contributed by atoms with Gasteiger partial charge in [0.1, 0.15) is 0 Å². The molecule has 1 N–H and O–H groups in total. The van der Waals surface area contributed by atoms with Crippen molar-refractivity contribution in [2.75, 3.05) is 12.9 Å². The largest absolute Gasteiger partial charge is 0.465 e. The molecule has 0 atom stereocenters. The Hall–Kier alpha value is -4.24. The van der Waals surface area contributed by atoms with Crippen LogP contribution in [0.25, 0.3) is 17.1 Å². The van der Waals surface area contributed by atoms with Crippen molar-refractivity contribution in [2.24, 2.45) is 5.10 Å². The molecule has 4 aromatic rings. The van der Waals surface area contributed by atoms with E-state index >= 15 is 0 Å². The molecule has 4 rings (SSSR count). The van der Waals surface area contributed by atoms with Gasteiger partial charge in [0.2, 0.25) is 0 Å². The second kappa shape index (κ2) is 11.3. The van der Waals surface area contributed by atoms with Crippen LogP contribution in [0.15, 0.2) is 89.1 Å². The molecule has 0 radical (unpaired) electrons. The van der Waals surface area contributed by atoms with Crippen molar-refractivity contribution < 1.29 is 14.3 Å². The van der Waals surface area contributed by atoms with Gasteiger partial charge in [-0.25, -0.2) is 10.2 Å². The molecule has 0 spiro atoms. The Labute approximate surface area is 207 Å². The molecule has 3 aromatic carbocycles. The van der Waals surface area contributed by atoms with Gasteiger partial charge in [0.05, 0.1) is 24.6 Å². The van der Waals surface area contributed by atoms with Crippen molar-refractivity contribution >= 4 is 29.9 Å². The quantitative estimate of drug-likeness (QED) is 0.173. The van der Waals surface area contributed by atoms with Gasteiger partial charge >= 0.3 is 5.97 Å². The van der Waals surface area contributed by atoms with Crippen LogP contribution in [0.3, 0.4) is 0 Å². The van der Waals surface area contributed by atoms with E-state index in [4.69, 9.17) is 0 Å². The normalized spacial score (nSPS) is 10.9. The van der Waals surface area contributed by atoms with Gasteiger partial charge in [-0.1, -0.05) is 71.9 Å². The van der Waals surface area contributed by atoms with Crippen molar-refractivity contribution in [3.63, 3.8) is 0 Å². The molecule has 0 aliphatic rings. The molecule has 8 nitrogen and oxygen atoms in total. The number of amides is 1. The number of hydrogen-bond donors (Lipinski definition) is 1. The van der Waals surface area contributed by atoms with Crippen LogP contribution >= 0.6 is 11.8 Å². The van der Waals surface area contributed by atoms with Gasteiger partial charge in [-0.2, -0.15) is 5.10 Å². The Bertz CT molecular complexity index is 1330. The van der Waals surface area contributed by atoms with E-state index in [2.05, 4.69) is 25.5 Å². The Kier molecular flexibility index (Phi) is 7.69. The maximum absolute atomic E-state index is 12.4. The number of rotatable bonds is 8. The summed E-state index contributed by atoms with van der Waals surface area (Å²) in [6, 6.07) is 24.5. The molecule has 1 amide bonds. The predicted molar refractivity (Wildman–Crippen MR) is 136 cm³/mol. The van der Waals surface area contributed by atoms with Gasteiger partial charge in [0.15, 0.2) is 11.0 Å². The Morgan fingerprint density at radius 3 is 2.40 bits per heavy atom. The molecular weight excluding hydrogens is 462 g/mol. The number of hydrogen-bond acceptors (Lipinski definition) is 7. The molecule has 0 fully saturated rings. The first kappa shape index (κ1) is 23.9. The van der Waals surface area contributed by atoms with Crippen LogP contribution in [0.4, 0.5) is 0 Å². The summed E-state index contributed by atoms with van der Waals surface area (Å²) < 4.78 is 6.62. The number of aromatic nitrogens is 3. The maximum Gasteiger partial charge on any atom is 0.337 e. The fraction of sp³-hybridized carbons (Fsp3) is 0.115. The lowest BCUT2D eigenvalue weighted by Gasteiger charge is -2.10. The standard InChI is InChI=1S/C26H23N5O3S/c1-18-8-12-20(13-9-18)24-29-30-26(31(24)22-6-4-3-5-7-22)35-17-23(32)28-27-16-19-10-14-21(15-11-19)25(33)34-2/h3-16H,17H2,1-2H3,(H,28,32)/b27-16+. The first-order valence-corrected chi connectivity index (χ1v) is 11.7. The smallest absolute Gasteiger partial charge is 0.337 e. The van der Waals surface area contributed by atoms with Crippen molar-refractivity contribution in [2.45, 2.75) is 12.1 Å². The number of nitrogens with one attached hydrogen (secondary N) is 1. The molecule has 1 aromatic heterocycles. The fourth-order valence-corrected chi connectivity index (χ4v) is 3.97. The number of ether oxygens (including phenoxy) is 1. The predicted octanol–water partition coefficient (Wildman–Crippen LogP) is 4.27. The average Bonchev–Trinajstić information content (AvgIpc) is 3.32. The lowest BCUT2D eigenvalue weighted by molar-refractivity contribution is -0.118. The summed E-state index contributed by atoms with van der Waals surface area (Å²) in [7, 11) is 1.33. The monoisotopic (exact) mass is 485 g/mol. The minimum atomic E-state index is -0.410. The van der Waals surface area contributed by atoms with E-state index in [1.54, 1.807) is 24.3 Å². The molecule has 0 saturated carbocycles. The van der Waals surface area contributed by atoms with E-state index in [-0.39, 0.29) is 11.7 Å². The fourth-order valence-electron chi connectivity index (χ4n) is 3.23. The van der Waals surface area contributed by atoms with E-state index in [9.17, 15) is 9.59 Å². The van der Waals surface area contributed by atoms with E-state index < -0.39 is 5.97 Å². The number of benzene rings is 3. The zero-order valence-corrected chi connectivity index (χ0v) is 20.0. The summed E-state index contributed by atoms with van der Waals surface area (Å²) >= 11 is 1.27. The summed E-state index contributed by atoms with van der Waals surface area (Å²) in [4.78, 5) is 23.9. The zero-order valence-electron chi connectivity index (χ0n) is 19.2. The summed E-state index contributed by atoms with van der Waals surface area (Å²) in [6.07, 6.45) is 1.51. The van der Waals surface area contributed by atoms with Crippen LogP contribution in [0.5, 0.6) is 0 Å². The van der Waals surface area contributed by atoms with Crippen molar-refractivity contribution in [3.05, 3.63) is 95.6 Å². The van der Waals surface area contributed by atoms with Gasteiger partial charge in [-0.15, -0.1) is 10.2 Å². The van der Waals surface area contributed by atoms with E-state index in [1.165, 1.54) is 25.1 Å². The van der Waals surface area contributed by atoms with Gasteiger partial charge in [-0.05, 0) is 36.8 Å². The Morgan fingerprint density at radius 2 is 1.71 bits per heavy atom. The van der Waals surface area contributed by atoms with Crippen LogP contribution < -0.4 is 5.43 Å². The van der Waals surface area contributed by atoms with Gasteiger partial charge in [0, 0.05) is 11.3 Å². The van der Waals surface area contributed by atoms with Crippen LogP contribution in [0.1, 0.15) is 21.5 Å². The Morgan fingerprint density at radius 1 is 1.00 bits per heavy atom. The molecule has 35 heavy (non-hydrogen) atoms. The number of hydrazone groups is 1. The molecule has 0 bridgehead atoms. The number of para-hydroxylation sites is 1. The summed E-state index contributed by atoms with van der Waals surface area (Å²) in [5.41, 5.74) is 6.69. The van der Waals surface area contributed by atoms with Gasteiger partial charge in [-0.3, -0.25) is 9.36 Å². The first-order valence-electron chi connectivity index (χ1n) is 10.8. The number of esters is 1. The zero-order chi connectivity index (χ0) is 24.6. The molecule has 9 heteroatoms. The van der Waals surface area contributed by atoms with Crippen LogP contribution in [0.2, 0.25) is 0 Å². The third kappa shape index (κ3) is 6.01. The Balaban J connectivity index is 1.43. The second-order valence-electron chi connectivity index (χ2n) is 7.54. The molecule has 176 valence electrons. The lowest BCUT2D eigenvalue weighted by atomic mass is 10.1. The number of methoxy groups -OCH3 is 1. The summed E-state index contributed by atoms with van der Waals surface area (Å²) in [5.74, 6) is 0.120. The van der Waals surface area contributed by atoms with Gasteiger partial charge < -0.3 is 4.74 Å². The van der Waals surface area contributed by atoms with Crippen LogP contribution in [-0.4, -0.2) is 45.7 Å². The average molecular weight is 486 g/mol. The minimum absolute atomic E-state index is 0.109. The molecule has 0 aliphatic heterocycles. The summed E-state index contributed by atoms with van der Waals surface area (Å²) in [6.45, 7) is 2.03. The van der Waals surface area contributed by atoms with Crippen LogP contribution in [-0.2, 0) is 9.53 Å². The van der Waals surface area contributed by atoms with E-state index in [0.717, 1.165) is 22.4 Å². The van der Waals surface area contributed by atoms with Crippen molar-refractivity contribution in [1.29, 1.82) is 0 Å².